The van der Waals surface area contributed by atoms with Crippen LogP contribution in [0.2, 0.25) is 0 Å². The second-order valence-electron chi connectivity index (χ2n) is 7.33. The molecule has 158 valence electrons. The van der Waals surface area contributed by atoms with Crippen molar-refractivity contribution in [2.45, 2.75) is 25.2 Å². The number of hydrogen-bond donors (Lipinski definition) is 1. The number of ether oxygens (including phenoxy) is 1. The Kier molecular flexibility index (Phi) is 5.78. The molecule has 0 aliphatic heterocycles. The molecule has 0 saturated heterocycles. The number of aromatic nitrogens is 2. The van der Waals surface area contributed by atoms with E-state index >= 15 is 0 Å². The van der Waals surface area contributed by atoms with Gasteiger partial charge in [-0.15, -0.1) is 0 Å². The maximum absolute atomic E-state index is 14.8. The van der Waals surface area contributed by atoms with Crippen molar-refractivity contribution < 1.29 is 13.5 Å². The zero-order valence-corrected chi connectivity index (χ0v) is 16.6. The van der Waals surface area contributed by atoms with E-state index in [0.717, 1.165) is 29.0 Å². The SMILES string of the molecule is [C-]#[N+]c1ccc(-c2nc(OCCCN)c(F)c(=O)n2-c2ccc(C3CC3)cc2)cc1F. The zero-order chi connectivity index (χ0) is 22.0. The maximum Gasteiger partial charge on any atom is 0.298 e. The molecule has 6 nitrogen and oxygen atoms in total. The molecule has 1 aliphatic rings. The fourth-order valence-corrected chi connectivity index (χ4v) is 3.31. The third-order valence-corrected chi connectivity index (χ3v) is 5.11. The normalized spacial score (nSPS) is 13.1. The van der Waals surface area contributed by atoms with Crippen LogP contribution in [0, 0.1) is 18.2 Å². The molecule has 2 aromatic carbocycles. The molecule has 0 amide bonds. The molecule has 1 aliphatic carbocycles. The van der Waals surface area contributed by atoms with Crippen molar-refractivity contribution in [3.05, 3.63) is 81.4 Å². The van der Waals surface area contributed by atoms with Crippen molar-refractivity contribution in [2.75, 3.05) is 13.2 Å². The Morgan fingerprint density at radius 2 is 1.94 bits per heavy atom. The monoisotopic (exact) mass is 422 g/mol. The van der Waals surface area contributed by atoms with Crippen LogP contribution in [0.1, 0.15) is 30.7 Å². The number of nitrogens with two attached hydrogens (primary N) is 1. The number of halogens is 2. The number of hydrogen-bond acceptors (Lipinski definition) is 4. The number of rotatable bonds is 7. The van der Waals surface area contributed by atoms with Crippen LogP contribution >= 0.6 is 0 Å². The Balaban J connectivity index is 1.87. The van der Waals surface area contributed by atoms with Crippen LogP contribution in [-0.4, -0.2) is 22.7 Å². The lowest BCUT2D eigenvalue weighted by molar-refractivity contribution is 0.282. The molecule has 2 N–H and O–H groups in total. The van der Waals surface area contributed by atoms with Gasteiger partial charge >= 0.3 is 0 Å². The summed E-state index contributed by atoms with van der Waals surface area (Å²) in [6, 6.07) is 11.1. The van der Waals surface area contributed by atoms with Crippen LogP contribution in [0.4, 0.5) is 14.5 Å². The average molecular weight is 422 g/mol. The highest BCUT2D eigenvalue weighted by Gasteiger charge is 2.24. The van der Waals surface area contributed by atoms with Gasteiger partial charge in [0, 0.05) is 5.56 Å². The minimum atomic E-state index is -1.13. The van der Waals surface area contributed by atoms with Gasteiger partial charge in [-0.1, -0.05) is 24.3 Å². The Morgan fingerprint density at radius 3 is 2.55 bits per heavy atom. The van der Waals surface area contributed by atoms with Gasteiger partial charge in [0.15, 0.2) is 5.82 Å². The third kappa shape index (κ3) is 4.18. The topological polar surface area (TPSA) is 74.5 Å². The lowest BCUT2D eigenvalue weighted by Crippen LogP contribution is -2.26. The van der Waals surface area contributed by atoms with E-state index in [1.165, 1.54) is 12.1 Å². The van der Waals surface area contributed by atoms with E-state index in [9.17, 15) is 13.6 Å². The summed E-state index contributed by atoms with van der Waals surface area (Å²) in [6.07, 6.45) is 2.71. The molecule has 4 rings (SSSR count). The average Bonchev–Trinajstić information content (AvgIpc) is 3.62. The molecule has 1 aromatic heterocycles. The van der Waals surface area contributed by atoms with Crippen molar-refractivity contribution in [3.8, 4) is 23.0 Å². The van der Waals surface area contributed by atoms with Gasteiger partial charge in [-0.2, -0.15) is 9.37 Å². The van der Waals surface area contributed by atoms with Crippen LogP contribution in [0.3, 0.4) is 0 Å². The molecule has 1 heterocycles. The Morgan fingerprint density at radius 1 is 1.19 bits per heavy atom. The molecule has 8 heteroatoms. The van der Waals surface area contributed by atoms with Gasteiger partial charge in [0.2, 0.25) is 5.69 Å². The summed E-state index contributed by atoms with van der Waals surface area (Å²) < 4.78 is 35.5. The first-order chi connectivity index (χ1) is 15.0. The van der Waals surface area contributed by atoms with Gasteiger partial charge in [0.1, 0.15) is 5.82 Å². The summed E-state index contributed by atoms with van der Waals surface area (Å²) in [5.41, 5.74) is 6.10. The first-order valence-electron chi connectivity index (χ1n) is 9.96. The zero-order valence-electron chi connectivity index (χ0n) is 16.6. The number of benzene rings is 2. The smallest absolute Gasteiger partial charge is 0.298 e. The Hall–Kier alpha value is -3.57. The summed E-state index contributed by atoms with van der Waals surface area (Å²) in [4.78, 5) is 20.3. The quantitative estimate of drug-likeness (QED) is 0.454. The van der Waals surface area contributed by atoms with Crippen LogP contribution in [0.15, 0.2) is 47.3 Å². The van der Waals surface area contributed by atoms with E-state index in [4.69, 9.17) is 17.0 Å². The van der Waals surface area contributed by atoms with E-state index in [1.54, 1.807) is 12.1 Å². The standard InChI is InChI=1S/C23H20F2N4O2/c1-27-19-10-7-16(13-18(19)24)21-28-22(31-12-2-11-26)20(25)23(30)29(21)17-8-5-15(6-9-17)14-3-4-14/h5-10,13-14H,2-4,11-12,26H2. The van der Waals surface area contributed by atoms with Crippen molar-refractivity contribution >= 4 is 5.69 Å². The fraction of sp³-hybridized carbons (Fsp3) is 0.261. The Labute approximate surface area is 177 Å². The first-order valence-corrected chi connectivity index (χ1v) is 9.96. The van der Waals surface area contributed by atoms with Crippen molar-refractivity contribution in [1.82, 2.24) is 9.55 Å². The highest BCUT2D eigenvalue weighted by Crippen LogP contribution is 2.40. The molecule has 3 aromatic rings. The minimum Gasteiger partial charge on any atom is -0.475 e. The molecule has 31 heavy (non-hydrogen) atoms. The molecule has 0 radical (unpaired) electrons. The Bertz CT molecular complexity index is 1210. The molecule has 1 saturated carbocycles. The first kappa shape index (κ1) is 20.7. The van der Waals surface area contributed by atoms with Crippen molar-refractivity contribution in [1.29, 1.82) is 0 Å². The second kappa shape index (κ2) is 8.66. The maximum atomic E-state index is 14.8. The fourth-order valence-electron chi connectivity index (χ4n) is 3.31. The van der Waals surface area contributed by atoms with Gasteiger partial charge in [-0.05, 0) is 55.5 Å². The van der Waals surface area contributed by atoms with Crippen molar-refractivity contribution in [2.24, 2.45) is 5.73 Å². The molecular formula is C23H20F2N4O2. The summed E-state index contributed by atoms with van der Waals surface area (Å²) >= 11 is 0. The van der Waals surface area contributed by atoms with E-state index in [0.29, 0.717) is 24.6 Å². The van der Waals surface area contributed by atoms with Crippen LogP contribution in [-0.2, 0) is 0 Å². The van der Waals surface area contributed by atoms with E-state index in [2.05, 4.69) is 9.83 Å². The van der Waals surface area contributed by atoms with E-state index in [1.807, 2.05) is 12.1 Å². The predicted molar refractivity (Wildman–Crippen MR) is 113 cm³/mol. The predicted octanol–water partition coefficient (Wildman–Crippen LogP) is 4.33. The molecule has 0 unspecified atom stereocenters. The van der Waals surface area contributed by atoms with Gasteiger partial charge < -0.3 is 10.5 Å². The lowest BCUT2D eigenvalue weighted by atomic mass is 10.1. The van der Waals surface area contributed by atoms with E-state index in [-0.39, 0.29) is 23.7 Å². The lowest BCUT2D eigenvalue weighted by Gasteiger charge is -2.16. The second-order valence-corrected chi connectivity index (χ2v) is 7.33. The van der Waals surface area contributed by atoms with Gasteiger partial charge in [0.05, 0.1) is 18.9 Å². The third-order valence-electron chi connectivity index (χ3n) is 5.11. The minimum absolute atomic E-state index is 0.0174. The highest BCUT2D eigenvalue weighted by atomic mass is 19.1. The molecule has 0 spiro atoms. The van der Waals surface area contributed by atoms with Crippen molar-refractivity contribution in [3.63, 3.8) is 0 Å². The van der Waals surface area contributed by atoms with Crippen LogP contribution in [0.5, 0.6) is 5.88 Å². The van der Waals surface area contributed by atoms with Gasteiger partial charge in [-0.3, -0.25) is 9.36 Å². The largest absolute Gasteiger partial charge is 0.475 e. The number of nitrogens with zero attached hydrogens (tertiary/aromatic N) is 3. The molecular weight excluding hydrogens is 402 g/mol. The van der Waals surface area contributed by atoms with Crippen LogP contribution < -0.4 is 16.0 Å². The van der Waals surface area contributed by atoms with Gasteiger partial charge in [-0.25, -0.2) is 9.24 Å². The summed E-state index contributed by atoms with van der Waals surface area (Å²) in [6.45, 7) is 7.44. The molecule has 0 bridgehead atoms. The summed E-state index contributed by atoms with van der Waals surface area (Å²) in [5.74, 6) is -1.82. The molecule has 0 atom stereocenters. The summed E-state index contributed by atoms with van der Waals surface area (Å²) in [5, 5.41) is 0. The van der Waals surface area contributed by atoms with Gasteiger partial charge in [0.25, 0.3) is 17.3 Å². The molecule has 1 fully saturated rings. The van der Waals surface area contributed by atoms with Crippen LogP contribution in [0.25, 0.3) is 21.9 Å². The highest BCUT2D eigenvalue weighted by molar-refractivity contribution is 5.63. The summed E-state index contributed by atoms with van der Waals surface area (Å²) in [7, 11) is 0. The van der Waals surface area contributed by atoms with E-state index < -0.39 is 23.1 Å².